The fourth-order valence-corrected chi connectivity index (χ4v) is 3.66. The number of hydrogen-bond donors (Lipinski definition) is 3. The van der Waals surface area contributed by atoms with E-state index in [1.54, 1.807) is 0 Å². The van der Waals surface area contributed by atoms with Gasteiger partial charge in [-0.1, -0.05) is 54.6 Å². The molecule has 0 atom stereocenters. The monoisotopic (exact) mass is 363 g/mol. The Morgan fingerprint density at radius 3 is 1.54 bits per heavy atom. The minimum absolute atomic E-state index is 0.906. The predicted octanol–water partition coefficient (Wildman–Crippen LogP) is 6.41. The van der Waals surface area contributed by atoms with Crippen molar-refractivity contribution >= 4 is 32.7 Å². The molecule has 3 aromatic heterocycles. The van der Waals surface area contributed by atoms with Crippen molar-refractivity contribution in [1.82, 2.24) is 15.0 Å². The summed E-state index contributed by atoms with van der Waals surface area (Å²) in [5.41, 5.74) is 6.10. The van der Waals surface area contributed by atoms with Crippen LogP contribution in [0.3, 0.4) is 0 Å². The molecular formula is C25H21N3. The van der Waals surface area contributed by atoms with Gasteiger partial charge >= 0.3 is 0 Å². The summed E-state index contributed by atoms with van der Waals surface area (Å²) in [6.45, 7) is 0. The highest BCUT2D eigenvalue weighted by atomic mass is 14.7. The molecule has 0 aliphatic carbocycles. The van der Waals surface area contributed by atoms with Crippen LogP contribution in [0.2, 0.25) is 0 Å². The van der Waals surface area contributed by atoms with Gasteiger partial charge in [0.05, 0.1) is 0 Å². The molecule has 6 aromatic rings. The van der Waals surface area contributed by atoms with Crippen LogP contribution < -0.4 is 0 Å². The van der Waals surface area contributed by atoms with Crippen molar-refractivity contribution in [2.45, 2.75) is 6.42 Å². The second kappa shape index (κ2) is 7.12. The van der Waals surface area contributed by atoms with Crippen LogP contribution in [0, 0.1) is 0 Å². The molecule has 0 aliphatic heterocycles. The third kappa shape index (κ3) is 3.30. The zero-order chi connectivity index (χ0) is 18.8. The summed E-state index contributed by atoms with van der Waals surface area (Å²) in [5, 5.41) is 3.82. The van der Waals surface area contributed by atoms with Gasteiger partial charge in [0.15, 0.2) is 0 Å². The van der Waals surface area contributed by atoms with E-state index in [-0.39, 0.29) is 0 Å². The van der Waals surface area contributed by atoms with E-state index in [2.05, 4.69) is 93.8 Å². The van der Waals surface area contributed by atoms with E-state index in [0.29, 0.717) is 0 Å². The Morgan fingerprint density at radius 1 is 0.500 bits per heavy atom. The van der Waals surface area contributed by atoms with Gasteiger partial charge in [0.1, 0.15) is 0 Å². The fourth-order valence-electron chi connectivity index (χ4n) is 3.66. The van der Waals surface area contributed by atoms with Crippen molar-refractivity contribution in [3.8, 4) is 0 Å². The lowest BCUT2D eigenvalue weighted by Crippen LogP contribution is -1.87. The molecule has 0 amide bonds. The fraction of sp³-hybridized carbons (Fsp3) is 0.0400. The Kier molecular flexibility index (Phi) is 4.19. The predicted molar refractivity (Wildman–Crippen MR) is 118 cm³/mol. The average Bonchev–Trinajstić information content (AvgIpc) is 3.45. The Hall–Kier alpha value is -3.72. The quantitative estimate of drug-likeness (QED) is 0.318. The first-order chi connectivity index (χ1) is 13.8. The Bertz CT molecular complexity index is 1180. The first-order valence-electron chi connectivity index (χ1n) is 9.50. The summed E-state index contributed by atoms with van der Waals surface area (Å²) in [6, 6.07) is 31.5. The molecule has 0 fully saturated rings. The third-order valence-corrected chi connectivity index (χ3v) is 5.01. The van der Waals surface area contributed by atoms with E-state index in [1.807, 2.05) is 18.3 Å². The molecule has 0 saturated heterocycles. The van der Waals surface area contributed by atoms with Crippen LogP contribution in [0.1, 0.15) is 11.4 Å². The van der Waals surface area contributed by atoms with Crippen LogP contribution in [0.15, 0.2) is 97.2 Å². The molecule has 3 aromatic carbocycles. The van der Waals surface area contributed by atoms with E-state index < -0.39 is 0 Å². The molecule has 0 unspecified atom stereocenters. The van der Waals surface area contributed by atoms with Crippen LogP contribution in [0.25, 0.3) is 32.7 Å². The van der Waals surface area contributed by atoms with Crippen molar-refractivity contribution in [1.29, 1.82) is 0 Å². The van der Waals surface area contributed by atoms with Gasteiger partial charge in [0.25, 0.3) is 0 Å². The van der Waals surface area contributed by atoms with Gasteiger partial charge in [-0.15, -0.1) is 0 Å². The summed E-state index contributed by atoms with van der Waals surface area (Å²) < 4.78 is 0. The number of hydrogen-bond acceptors (Lipinski definition) is 0. The molecular weight excluding hydrogens is 342 g/mol. The molecule has 3 heteroatoms. The average molecular weight is 363 g/mol. The normalized spacial score (nSPS) is 11.0. The van der Waals surface area contributed by atoms with Crippen molar-refractivity contribution < 1.29 is 0 Å². The molecule has 0 bridgehead atoms. The Balaban J connectivity index is 0.000000158. The molecule has 6 rings (SSSR count). The number of H-pyrrole nitrogens is 3. The number of fused-ring (bicyclic) bond motifs is 3. The summed E-state index contributed by atoms with van der Waals surface area (Å²) in [4.78, 5) is 10.1. The minimum atomic E-state index is 0.906. The third-order valence-electron chi connectivity index (χ3n) is 5.01. The highest BCUT2D eigenvalue weighted by molar-refractivity contribution is 5.82. The maximum Gasteiger partial charge on any atom is 0.0456 e. The highest BCUT2D eigenvalue weighted by Gasteiger charge is 2.04. The summed E-state index contributed by atoms with van der Waals surface area (Å²) in [5.74, 6) is 0. The lowest BCUT2D eigenvalue weighted by atomic mass is 10.2. The maximum absolute atomic E-state index is 3.47. The van der Waals surface area contributed by atoms with Crippen LogP contribution in [-0.2, 0) is 6.42 Å². The van der Waals surface area contributed by atoms with E-state index in [1.165, 1.54) is 44.1 Å². The number of rotatable bonds is 2. The van der Waals surface area contributed by atoms with Crippen molar-refractivity contribution in [3.63, 3.8) is 0 Å². The SMILES string of the molecule is c1ccc2[nH]c(Cc3cc4ccccc4[nH]3)cc2c1.c1ccc2[nH]ccc2c1. The number of aromatic nitrogens is 3. The Labute approximate surface area is 163 Å². The van der Waals surface area contributed by atoms with Gasteiger partial charge in [-0.05, 0) is 52.6 Å². The van der Waals surface area contributed by atoms with Crippen LogP contribution >= 0.6 is 0 Å². The van der Waals surface area contributed by atoms with Gasteiger partial charge in [-0.3, -0.25) is 0 Å². The van der Waals surface area contributed by atoms with Crippen LogP contribution in [-0.4, -0.2) is 15.0 Å². The number of nitrogens with one attached hydrogen (secondary N) is 3. The molecule has 28 heavy (non-hydrogen) atoms. The van der Waals surface area contributed by atoms with E-state index in [0.717, 1.165) is 6.42 Å². The zero-order valence-electron chi connectivity index (χ0n) is 15.4. The minimum Gasteiger partial charge on any atom is -0.361 e. The van der Waals surface area contributed by atoms with Crippen molar-refractivity contribution in [3.05, 3.63) is 109 Å². The topological polar surface area (TPSA) is 47.4 Å². The van der Waals surface area contributed by atoms with Gasteiger partial charge in [0.2, 0.25) is 0 Å². The largest absolute Gasteiger partial charge is 0.361 e. The molecule has 3 nitrogen and oxygen atoms in total. The first kappa shape index (κ1) is 16.5. The first-order valence-corrected chi connectivity index (χ1v) is 9.50. The van der Waals surface area contributed by atoms with E-state index in [9.17, 15) is 0 Å². The number of benzene rings is 3. The molecule has 3 heterocycles. The van der Waals surface area contributed by atoms with E-state index >= 15 is 0 Å². The summed E-state index contributed by atoms with van der Waals surface area (Å²) >= 11 is 0. The van der Waals surface area contributed by atoms with Gasteiger partial charge < -0.3 is 15.0 Å². The lowest BCUT2D eigenvalue weighted by molar-refractivity contribution is 1.07. The maximum atomic E-state index is 3.47. The van der Waals surface area contributed by atoms with Crippen LogP contribution in [0.5, 0.6) is 0 Å². The van der Waals surface area contributed by atoms with Gasteiger partial charge in [-0.2, -0.15) is 0 Å². The molecule has 3 N–H and O–H groups in total. The number of aromatic amines is 3. The zero-order valence-corrected chi connectivity index (χ0v) is 15.4. The smallest absolute Gasteiger partial charge is 0.0456 e. The van der Waals surface area contributed by atoms with Gasteiger partial charge in [0, 0.05) is 40.6 Å². The highest BCUT2D eigenvalue weighted by Crippen LogP contribution is 2.20. The molecule has 0 spiro atoms. The van der Waals surface area contributed by atoms with Crippen molar-refractivity contribution in [2.24, 2.45) is 0 Å². The molecule has 0 aliphatic rings. The lowest BCUT2D eigenvalue weighted by Gasteiger charge is -1.93. The van der Waals surface area contributed by atoms with E-state index in [4.69, 9.17) is 0 Å². The van der Waals surface area contributed by atoms with Crippen molar-refractivity contribution in [2.75, 3.05) is 0 Å². The summed E-state index contributed by atoms with van der Waals surface area (Å²) in [6.07, 6.45) is 2.86. The Morgan fingerprint density at radius 2 is 1.00 bits per heavy atom. The molecule has 136 valence electrons. The second-order valence-corrected chi connectivity index (χ2v) is 7.01. The molecule has 0 saturated carbocycles. The standard InChI is InChI=1S/C17H14N2.C8H7N/c1-3-7-16-12(5-1)9-14(18-16)11-15-10-13-6-2-4-8-17(13)19-15;1-2-4-8-7(3-1)5-6-9-8/h1-10,18-19H,11H2;1-6,9H. The number of para-hydroxylation sites is 3. The molecule has 0 radical (unpaired) electrons. The summed E-state index contributed by atoms with van der Waals surface area (Å²) in [7, 11) is 0. The van der Waals surface area contributed by atoms with Crippen LogP contribution in [0.4, 0.5) is 0 Å². The van der Waals surface area contributed by atoms with Gasteiger partial charge in [-0.25, -0.2) is 0 Å². The second-order valence-electron chi connectivity index (χ2n) is 7.01.